The quantitative estimate of drug-likeness (QED) is 0.363. The number of anilines is 1. The van der Waals surface area contributed by atoms with E-state index in [-0.39, 0.29) is 6.09 Å². The van der Waals surface area contributed by atoms with E-state index in [1.54, 1.807) is 0 Å². The monoisotopic (exact) mass is 520 g/mol. The van der Waals surface area contributed by atoms with E-state index >= 15 is 0 Å². The maximum absolute atomic E-state index is 11.7. The maximum Gasteiger partial charge on any atom is 0.407 e. The molecule has 3 aromatic rings. The topological polar surface area (TPSA) is 94.4 Å². The van der Waals surface area contributed by atoms with Crippen molar-refractivity contribution < 1.29 is 14.3 Å². The fraction of sp³-hybridized carbons (Fsp3) is 0.586. The van der Waals surface area contributed by atoms with E-state index in [0.717, 1.165) is 86.5 Å². The zero-order chi connectivity index (χ0) is 26.5. The van der Waals surface area contributed by atoms with Gasteiger partial charge >= 0.3 is 6.09 Å². The van der Waals surface area contributed by atoms with Gasteiger partial charge in [-0.15, -0.1) is 0 Å². The molecule has 0 bridgehead atoms. The molecule has 0 spiro atoms. The normalized spacial score (nSPS) is 16.1. The summed E-state index contributed by atoms with van der Waals surface area (Å²) in [6, 6.07) is 6.34. The molecule has 0 unspecified atom stereocenters. The van der Waals surface area contributed by atoms with E-state index < -0.39 is 5.60 Å². The smallest absolute Gasteiger partial charge is 0.407 e. The summed E-state index contributed by atoms with van der Waals surface area (Å²) >= 11 is 0. The third-order valence-electron chi connectivity index (χ3n) is 6.91. The van der Waals surface area contributed by atoms with Gasteiger partial charge in [-0.2, -0.15) is 5.10 Å². The van der Waals surface area contributed by atoms with Crippen molar-refractivity contribution in [3.8, 4) is 11.3 Å². The van der Waals surface area contributed by atoms with Gasteiger partial charge in [0.25, 0.3) is 0 Å². The lowest BCUT2D eigenvalue weighted by molar-refractivity contribution is 0.0527. The molecule has 2 fully saturated rings. The molecule has 2 aromatic heterocycles. The van der Waals surface area contributed by atoms with Crippen LogP contribution in [0.1, 0.15) is 70.9 Å². The average Bonchev–Trinajstić information content (AvgIpc) is 3.66. The Kier molecular flexibility index (Phi) is 8.12. The van der Waals surface area contributed by atoms with Crippen LogP contribution in [-0.2, 0) is 16.0 Å². The number of ether oxygens (including phenoxy) is 2. The largest absolute Gasteiger partial charge is 0.444 e. The van der Waals surface area contributed by atoms with Gasteiger partial charge in [0.05, 0.1) is 41.8 Å². The lowest BCUT2D eigenvalue weighted by Gasteiger charge is -2.28. The molecule has 0 atom stereocenters. The summed E-state index contributed by atoms with van der Waals surface area (Å²) in [5.74, 6) is 0.530. The minimum absolute atomic E-state index is 0.344. The summed E-state index contributed by atoms with van der Waals surface area (Å²) in [6.07, 6.45) is 10.2. The SMILES string of the molecule is CC(C)(C)OC(=O)NCCCCCCn1cc(-c2cnc3ccc(N4CCOCC4)cc3n2)c(C2CC2)n1. The number of hydrogen-bond donors (Lipinski definition) is 1. The van der Waals surface area contributed by atoms with E-state index in [1.807, 2.05) is 27.0 Å². The third kappa shape index (κ3) is 7.01. The molecule has 1 saturated heterocycles. The van der Waals surface area contributed by atoms with E-state index in [9.17, 15) is 4.79 Å². The molecule has 9 heteroatoms. The van der Waals surface area contributed by atoms with Crippen molar-refractivity contribution in [2.75, 3.05) is 37.7 Å². The molecule has 1 aliphatic carbocycles. The Hall–Kier alpha value is -3.20. The summed E-state index contributed by atoms with van der Waals surface area (Å²) < 4.78 is 12.9. The van der Waals surface area contributed by atoms with Crippen LogP contribution in [0.2, 0.25) is 0 Å². The van der Waals surface area contributed by atoms with Gasteiger partial charge in [-0.05, 0) is 64.7 Å². The Morgan fingerprint density at radius 1 is 1.11 bits per heavy atom. The zero-order valence-corrected chi connectivity index (χ0v) is 22.9. The number of hydrogen-bond acceptors (Lipinski definition) is 7. The molecule has 1 aromatic carbocycles. The van der Waals surface area contributed by atoms with E-state index in [1.165, 1.54) is 18.5 Å². The zero-order valence-electron chi connectivity index (χ0n) is 22.9. The van der Waals surface area contributed by atoms with Gasteiger partial charge < -0.3 is 19.7 Å². The number of alkyl carbamates (subject to hydrolysis) is 1. The number of fused-ring (bicyclic) bond motifs is 1. The van der Waals surface area contributed by atoms with Crippen LogP contribution in [0.15, 0.2) is 30.6 Å². The average molecular weight is 521 g/mol. The Bertz CT molecular complexity index is 1240. The number of aryl methyl sites for hydroxylation is 1. The van der Waals surface area contributed by atoms with Crippen molar-refractivity contribution in [1.29, 1.82) is 0 Å². The van der Waals surface area contributed by atoms with Crippen LogP contribution in [0.4, 0.5) is 10.5 Å². The second-order valence-electron chi connectivity index (χ2n) is 11.3. The molecule has 1 saturated carbocycles. The van der Waals surface area contributed by atoms with Crippen LogP contribution in [0.3, 0.4) is 0 Å². The fourth-order valence-corrected chi connectivity index (χ4v) is 4.81. The molecule has 0 radical (unpaired) electrons. The minimum atomic E-state index is -0.462. The standard InChI is InChI=1S/C29H40N6O3/c1-29(2,3)38-28(36)30-12-6-4-5-7-13-35-20-23(27(33-35)21-8-9-21)26-19-31-24-11-10-22(18-25(24)32-26)34-14-16-37-17-15-34/h10-11,18-21H,4-9,12-17H2,1-3H3,(H,30,36). The minimum Gasteiger partial charge on any atom is -0.444 e. The molecular weight excluding hydrogens is 480 g/mol. The summed E-state index contributed by atoms with van der Waals surface area (Å²) in [5.41, 5.74) is 5.71. The number of amides is 1. The molecular formula is C29H40N6O3. The van der Waals surface area contributed by atoms with Crippen molar-refractivity contribution in [1.82, 2.24) is 25.1 Å². The van der Waals surface area contributed by atoms with Crippen LogP contribution < -0.4 is 10.2 Å². The summed E-state index contributed by atoms with van der Waals surface area (Å²) in [5, 5.41) is 7.80. The van der Waals surface area contributed by atoms with Gasteiger partial charge in [-0.1, -0.05) is 12.8 Å². The van der Waals surface area contributed by atoms with Crippen LogP contribution in [0, 0.1) is 0 Å². The fourth-order valence-electron chi connectivity index (χ4n) is 4.81. The molecule has 1 aliphatic heterocycles. The first-order chi connectivity index (χ1) is 18.4. The van der Waals surface area contributed by atoms with Crippen LogP contribution >= 0.6 is 0 Å². The number of unbranched alkanes of at least 4 members (excludes halogenated alkanes) is 3. The predicted molar refractivity (Wildman–Crippen MR) is 148 cm³/mol. The Labute approximate surface area is 224 Å². The first-order valence-electron chi connectivity index (χ1n) is 14.0. The number of carbonyl (C=O) groups excluding carboxylic acids is 1. The highest BCUT2D eigenvalue weighted by atomic mass is 16.6. The lowest BCUT2D eigenvalue weighted by atomic mass is 10.1. The second-order valence-corrected chi connectivity index (χ2v) is 11.3. The maximum atomic E-state index is 11.7. The molecule has 5 rings (SSSR count). The van der Waals surface area contributed by atoms with Crippen LogP contribution in [0.5, 0.6) is 0 Å². The number of rotatable bonds is 10. The Morgan fingerprint density at radius 3 is 2.66 bits per heavy atom. The number of carbonyl (C=O) groups is 1. The first kappa shape index (κ1) is 26.4. The van der Waals surface area contributed by atoms with Gasteiger partial charge in [0.1, 0.15) is 5.60 Å². The first-order valence-corrected chi connectivity index (χ1v) is 14.0. The molecule has 3 heterocycles. The van der Waals surface area contributed by atoms with E-state index in [2.05, 4.69) is 39.3 Å². The Balaban J connectivity index is 1.18. The van der Waals surface area contributed by atoms with Gasteiger partial charge in [-0.3, -0.25) is 9.67 Å². The number of nitrogens with one attached hydrogen (secondary N) is 1. The molecule has 204 valence electrons. The number of benzene rings is 1. The van der Waals surface area contributed by atoms with Crippen LogP contribution in [-0.4, -0.2) is 64.3 Å². The second kappa shape index (κ2) is 11.7. The number of morpholine rings is 1. The van der Waals surface area contributed by atoms with Gasteiger partial charge in [0, 0.05) is 49.5 Å². The van der Waals surface area contributed by atoms with Gasteiger partial charge in [0.15, 0.2) is 0 Å². The molecule has 38 heavy (non-hydrogen) atoms. The van der Waals surface area contributed by atoms with Crippen molar-refractivity contribution in [2.45, 2.75) is 77.4 Å². The number of aromatic nitrogens is 4. The van der Waals surface area contributed by atoms with Crippen LogP contribution in [0.25, 0.3) is 22.3 Å². The van der Waals surface area contributed by atoms with Crippen molar-refractivity contribution in [3.05, 3.63) is 36.3 Å². The van der Waals surface area contributed by atoms with Gasteiger partial charge in [0.2, 0.25) is 0 Å². The van der Waals surface area contributed by atoms with Crippen molar-refractivity contribution >= 4 is 22.8 Å². The van der Waals surface area contributed by atoms with Gasteiger partial charge in [-0.25, -0.2) is 9.78 Å². The van der Waals surface area contributed by atoms with E-state index in [4.69, 9.17) is 24.5 Å². The van der Waals surface area contributed by atoms with Crippen molar-refractivity contribution in [2.24, 2.45) is 0 Å². The molecule has 1 amide bonds. The van der Waals surface area contributed by atoms with E-state index in [0.29, 0.717) is 12.5 Å². The summed E-state index contributed by atoms with van der Waals surface area (Å²) in [7, 11) is 0. The lowest BCUT2D eigenvalue weighted by Crippen LogP contribution is -2.36. The third-order valence-corrected chi connectivity index (χ3v) is 6.91. The molecule has 2 aliphatic rings. The van der Waals surface area contributed by atoms with Crippen molar-refractivity contribution in [3.63, 3.8) is 0 Å². The summed E-state index contributed by atoms with van der Waals surface area (Å²) in [4.78, 5) is 23.9. The Morgan fingerprint density at radius 2 is 1.89 bits per heavy atom. The summed E-state index contributed by atoms with van der Waals surface area (Å²) in [6.45, 7) is 10.5. The highest BCUT2D eigenvalue weighted by Crippen LogP contribution is 2.43. The number of nitrogens with zero attached hydrogens (tertiary/aromatic N) is 5. The predicted octanol–water partition coefficient (Wildman–Crippen LogP) is 5.29. The molecule has 9 nitrogen and oxygen atoms in total. The molecule has 1 N–H and O–H groups in total. The highest BCUT2D eigenvalue weighted by Gasteiger charge is 2.30. The highest BCUT2D eigenvalue weighted by molar-refractivity contribution is 5.81.